The van der Waals surface area contributed by atoms with Gasteiger partial charge >= 0.3 is 0 Å². The summed E-state index contributed by atoms with van der Waals surface area (Å²) in [6, 6.07) is 9.44. The highest BCUT2D eigenvalue weighted by molar-refractivity contribution is 6.00. The fourth-order valence-corrected chi connectivity index (χ4v) is 7.04. The number of pyridine rings is 1. The first-order valence-electron chi connectivity index (χ1n) is 15.0. The molecule has 222 valence electrons. The summed E-state index contributed by atoms with van der Waals surface area (Å²) in [7, 11) is 3.40. The van der Waals surface area contributed by atoms with E-state index >= 15 is 0 Å². The van der Waals surface area contributed by atoms with Gasteiger partial charge in [-0.2, -0.15) is 0 Å². The summed E-state index contributed by atoms with van der Waals surface area (Å²) in [5, 5.41) is 1.08. The third-order valence-electron chi connectivity index (χ3n) is 9.39. The maximum absolute atomic E-state index is 14.3. The van der Waals surface area contributed by atoms with Crippen molar-refractivity contribution in [3.05, 3.63) is 42.1 Å². The van der Waals surface area contributed by atoms with Crippen molar-refractivity contribution in [1.82, 2.24) is 24.0 Å². The van der Waals surface area contributed by atoms with Crippen molar-refractivity contribution in [1.29, 1.82) is 0 Å². The van der Waals surface area contributed by atoms with Gasteiger partial charge in [0.1, 0.15) is 23.1 Å². The Morgan fingerprint density at radius 3 is 2.62 bits per heavy atom. The van der Waals surface area contributed by atoms with E-state index in [4.69, 9.17) is 25.2 Å². The van der Waals surface area contributed by atoms with Gasteiger partial charge in [0.2, 0.25) is 0 Å². The first-order chi connectivity index (χ1) is 20.2. The minimum Gasteiger partial charge on any atom is -0.494 e. The molecule has 10 heteroatoms. The standard InChI is InChI=1S/C32H39FN6O3/c1-32(42-3)13-20(14-32)16-39-28-25(9-22(11-27(28)41-2)31(40)37-17-23(33)12-24(34)18-37)36-30(39)26-10-21-5-4-8-35-29(21)38(26)15-19-6-7-19/h4-5,8-11,19-20,23-24H,6-7,12-18,34H2,1-3H3/t20-,23-,24-,32+/m1/s1. The van der Waals surface area contributed by atoms with Gasteiger partial charge < -0.3 is 29.2 Å². The second-order valence-corrected chi connectivity index (χ2v) is 12.8. The highest BCUT2D eigenvalue weighted by Crippen LogP contribution is 2.44. The average molecular weight is 575 g/mol. The van der Waals surface area contributed by atoms with Gasteiger partial charge in [0.25, 0.3) is 5.91 Å². The smallest absolute Gasteiger partial charge is 0.254 e. The minimum absolute atomic E-state index is 0.0425. The number of rotatable bonds is 8. The first-order valence-corrected chi connectivity index (χ1v) is 15.0. The second kappa shape index (κ2) is 10.3. The number of methoxy groups -OCH3 is 2. The molecule has 2 atom stereocenters. The number of carbonyl (C=O) groups excluding carboxylic acids is 1. The molecule has 3 aromatic heterocycles. The molecule has 1 aromatic carbocycles. The lowest BCUT2D eigenvalue weighted by Gasteiger charge is -2.44. The van der Waals surface area contributed by atoms with Crippen molar-refractivity contribution in [3.63, 3.8) is 0 Å². The van der Waals surface area contributed by atoms with Crippen LogP contribution in [0.4, 0.5) is 4.39 Å². The summed E-state index contributed by atoms with van der Waals surface area (Å²) < 4.78 is 30.6. The molecule has 2 N–H and O–H groups in total. The summed E-state index contributed by atoms with van der Waals surface area (Å²) in [4.78, 5) is 25.0. The molecule has 0 spiro atoms. The average Bonchev–Trinajstić information content (AvgIpc) is 3.61. The Hall–Kier alpha value is -3.50. The normalized spacial score (nSPS) is 26.1. The summed E-state index contributed by atoms with van der Waals surface area (Å²) in [5.74, 6) is 2.20. The molecule has 3 fully saturated rings. The molecule has 4 aromatic rings. The minimum atomic E-state index is -1.13. The molecule has 4 heterocycles. The first kappa shape index (κ1) is 27.3. The van der Waals surface area contributed by atoms with Crippen LogP contribution in [0.5, 0.6) is 5.75 Å². The summed E-state index contributed by atoms with van der Waals surface area (Å²) in [6.07, 6.45) is 5.33. The third-order valence-corrected chi connectivity index (χ3v) is 9.39. The van der Waals surface area contributed by atoms with Gasteiger partial charge in [-0.3, -0.25) is 4.79 Å². The molecule has 3 aliphatic rings. The van der Waals surface area contributed by atoms with Crippen LogP contribution in [0.1, 0.15) is 49.4 Å². The zero-order valence-corrected chi connectivity index (χ0v) is 24.6. The third kappa shape index (κ3) is 4.84. The monoisotopic (exact) mass is 574 g/mol. The molecule has 0 radical (unpaired) electrons. The van der Waals surface area contributed by atoms with Crippen LogP contribution in [0.15, 0.2) is 36.5 Å². The number of hydrogen-bond acceptors (Lipinski definition) is 6. The van der Waals surface area contributed by atoms with Crippen LogP contribution in [0.25, 0.3) is 33.6 Å². The predicted octanol–water partition coefficient (Wildman–Crippen LogP) is 4.80. The lowest BCUT2D eigenvalue weighted by molar-refractivity contribution is -0.0937. The quantitative estimate of drug-likeness (QED) is 0.325. The number of likely N-dealkylation sites (tertiary alicyclic amines) is 1. The molecule has 2 saturated carbocycles. The van der Waals surface area contributed by atoms with Crippen LogP contribution in [-0.2, 0) is 17.8 Å². The number of aromatic nitrogens is 4. The van der Waals surface area contributed by atoms with Crippen molar-refractivity contribution in [2.45, 2.75) is 69.9 Å². The Bertz CT molecular complexity index is 1640. The van der Waals surface area contributed by atoms with Gasteiger partial charge in [-0.25, -0.2) is 14.4 Å². The van der Waals surface area contributed by atoms with E-state index < -0.39 is 6.17 Å². The van der Waals surface area contributed by atoms with Crippen LogP contribution >= 0.6 is 0 Å². The van der Waals surface area contributed by atoms with Crippen LogP contribution in [0.3, 0.4) is 0 Å². The van der Waals surface area contributed by atoms with Crippen LogP contribution in [0, 0.1) is 11.8 Å². The van der Waals surface area contributed by atoms with Crippen LogP contribution in [-0.4, -0.2) is 75.0 Å². The number of piperidine rings is 1. The number of ether oxygens (including phenoxy) is 2. The van der Waals surface area contributed by atoms with E-state index in [9.17, 15) is 9.18 Å². The van der Waals surface area contributed by atoms with E-state index in [2.05, 4.69) is 28.2 Å². The number of nitrogens with two attached hydrogens (primary N) is 1. The molecule has 1 saturated heterocycles. The van der Waals surface area contributed by atoms with Gasteiger partial charge in [0.05, 0.1) is 30.5 Å². The Balaban J connectivity index is 1.37. The number of benzene rings is 1. The summed E-state index contributed by atoms with van der Waals surface area (Å²) >= 11 is 0. The van der Waals surface area contributed by atoms with Crippen molar-refractivity contribution in [3.8, 4) is 17.3 Å². The number of alkyl halides is 1. The number of imidazole rings is 1. The highest BCUT2D eigenvalue weighted by atomic mass is 19.1. The number of carbonyl (C=O) groups is 1. The fraction of sp³-hybridized carbons (Fsp3) is 0.531. The van der Waals surface area contributed by atoms with E-state index in [-0.39, 0.29) is 30.5 Å². The number of amides is 1. The number of hydrogen-bond donors (Lipinski definition) is 1. The van der Waals surface area contributed by atoms with Crippen LogP contribution < -0.4 is 10.5 Å². The van der Waals surface area contributed by atoms with Gasteiger partial charge in [0.15, 0.2) is 5.82 Å². The van der Waals surface area contributed by atoms with Crippen molar-refractivity contribution in [2.75, 3.05) is 27.3 Å². The number of nitrogens with zero attached hydrogens (tertiary/aromatic N) is 5. The lowest BCUT2D eigenvalue weighted by atomic mass is 9.72. The second-order valence-electron chi connectivity index (χ2n) is 12.8. The zero-order chi connectivity index (χ0) is 29.2. The van der Waals surface area contributed by atoms with Gasteiger partial charge in [-0.15, -0.1) is 0 Å². The number of halogens is 1. The van der Waals surface area contributed by atoms with E-state index in [1.807, 2.05) is 18.3 Å². The molecule has 0 unspecified atom stereocenters. The molecule has 1 amide bonds. The van der Waals surface area contributed by atoms with Gasteiger partial charge in [-0.1, -0.05) is 0 Å². The molecule has 42 heavy (non-hydrogen) atoms. The summed E-state index contributed by atoms with van der Waals surface area (Å²) in [6.45, 7) is 4.17. The van der Waals surface area contributed by atoms with E-state index in [0.29, 0.717) is 35.2 Å². The molecule has 1 aliphatic heterocycles. The predicted molar refractivity (Wildman–Crippen MR) is 159 cm³/mol. The SMILES string of the molecule is COc1cc(C(=O)N2C[C@H](N)C[C@@H](F)C2)cc2nc(-c3cc4cccnc4n3CC3CC3)n(C[C@H]3C[C@@](C)(OC)C3)c12. The van der Waals surface area contributed by atoms with Crippen LogP contribution in [0.2, 0.25) is 0 Å². The Morgan fingerprint density at radius 1 is 1.12 bits per heavy atom. The number of fused-ring (bicyclic) bond motifs is 2. The van der Waals surface area contributed by atoms with Crippen molar-refractivity contribution < 1.29 is 18.7 Å². The summed E-state index contributed by atoms with van der Waals surface area (Å²) in [5.41, 5.74) is 9.86. The van der Waals surface area contributed by atoms with E-state index in [1.54, 1.807) is 20.3 Å². The molecule has 0 bridgehead atoms. The van der Waals surface area contributed by atoms with E-state index in [0.717, 1.165) is 54.0 Å². The van der Waals surface area contributed by atoms with Gasteiger partial charge in [-0.05, 0) is 81.2 Å². The van der Waals surface area contributed by atoms with Crippen molar-refractivity contribution >= 4 is 28.0 Å². The topological polar surface area (TPSA) is 100 Å². The Kier molecular flexibility index (Phi) is 6.73. The largest absolute Gasteiger partial charge is 0.494 e. The molecular formula is C32H39FN6O3. The fourth-order valence-electron chi connectivity index (χ4n) is 7.04. The molecule has 7 rings (SSSR count). The maximum Gasteiger partial charge on any atom is 0.254 e. The molecular weight excluding hydrogens is 535 g/mol. The van der Waals surface area contributed by atoms with E-state index in [1.165, 1.54) is 17.7 Å². The van der Waals surface area contributed by atoms with Gasteiger partial charge in [0, 0.05) is 49.9 Å². The lowest BCUT2D eigenvalue weighted by Crippen LogP contribution is -2.50. The maximum atomic E-state index is 14.3. The molecule has 2 aliphatic carbocycles. The Labute approximate surface area is 244 Å². The highest BCUT2D eigenvalue weighted by Gasteiger charge is 2.41. The Morgan fingerprint density at radius 2 is 1.90 bits per heavy atom. The van der Waals surface area contributed by atoms with Crippen molar-refractivity contribution in [2.24, 2.45) is 17.6 Å². The zero-order valence-electron chi connectivity index (χ0n) is 24.6. The molecule has 9 nitrogen and oxygen atoms in total.